The van der Waals surface area contributed by atoms with Gasteiger partial charge >= 0.3 is 6.03 Å². The number of benzene rings is 2. The highest BCUT2D eigenvalue weighted by Gasteiger charge is 2.56. The molecule has 0 radical (unpaired) electrons. The largest absolute Gasteiger partial charge is 0.497 e. The number of hydrogen-bond donors (Lipinski definition) is 1. The smallest absolute Gasteiger partial charge is 0.335 e. The van der Waals surface area contributed by atoms with E-state index in [-0.39, 0.29) is 30.4 Å². The molecular weight excluding hydrogens is 552 g/mol. The van der Waals surface area contributed by atoms with E-state index in [2.05, 4.69) is 10.2 Å². The van der Waals surface area contributed by atoms with Gasteiger partial charge in [0.05, 0.1) is 27.0 Å². The summed E-state index contributed by atoms with van der Waals surface area (Å²) in [6, 6.07) is 16.3. The van der Waals surface area contributed by atoms with Crippen molar-refractivity contribution in [2.24, 2.45) is 11.3 Å². The zero-order valence-corrected chi connectivity index (χ0v) is 24.4. The predicted octanol–water partition coefficient (Wildman–Crippen LogP) is 2.81. The quantitative estimate of drug-likeness (QED) is 0.401. The fraction of sp³-hybridized carbons (Fsp3) is 0.375. The van der Waals surface area contributed by atoms with E-state index in [9.17, 15) is 19.2 Å². The number of ether oxygens (including phenoxy) is 3. The van der Waals surface area contributed by atoms with Crippen LogP contribution >= 0.6 is 0 Å². The third-order valence-corrected chi connectivity index (χ3v) is 8.84. The van der Waals surface area contributed by atoms with Crippen LogP contribution in [0.5, 0.6) is 17.2 Å². The molecule has 1 aromatic heterocycles. The molecule has 43 heavy (non-hydrogen) atoms. The Labute approximate surface area is 248 Å². The number of carbonyl (C=O) groups excluding carboxylic acids is 3. The lowest BCUT2D eigenvalue weighted by Gasteiger charge is -2.47. The van der Waals surface area contributed by atoms with Gasteiger partial charge in [0.1, 0.15) is 22.7 Å². The number of piperidine rings is 1. The van der Waals surface area contributed by atoms with Gasteiger partial charge in [0.25, 0.3) is 11.5 Å². The van der Waals surface area contributed by atoms with E-state index in [1.165, 1.54) is 14.2 Å². The lowest BCUT2D eigenvalue weighted by molar-refractivity contribution is -0.144. The Hall–Kier alpha value is -4.64. The third-order valence-electron chi connectivity index (χ3n) is 8.84. The van der Waals surface area contributed by atoms with Crippen LogP contribution in [0.25, 0.3) is 0 Å². The van der Waals surface area contributed by atoms with Crippen molar-refractivity contribution >= 4 is 23.5 Å². The Morgan fingerprint density at radius 1 is 0.860 bits per heavy atom. The number of amides is 4. The fourth-order valence-electron chi connectivity index (χ4n) is 6.82. The van der Waals surface area contributed by atoms with Crippen molar-refractivity contribution in [3.05, 3.63) is 82.3 Å². The first-order valence-electron chi connectivity index (χ1n) is 14.2. The zero-order chi connectivity index (χ0) is 30.3. The summed E-state index contributed by atoms with van der Waals surface area (Å²) in [5.41, 5.74) is 0.251. The molecule has 2 fully saturated rings. The number of nitrogens with zero attached hydrogens (tertiary/aromatic N) is 3. The van der Waals surface area contributed by atoms with Gasteiger partial charge in [-0.2, -0.15) is 0 Å². The van der Waals surface area contributed by atoms with Gasteiger partial charge in [-0.15, -0.1) is 0 Å². The molecule has 224 valence electrons. The molecule has 2 aromatic carbocycles. The van der Waals surface area contributed by atoms with Crippen molar-refractivity contribution in [1.82, 2.24) is 14.8 Å². The number of methoxy groups -OCH3 is 3. The van der Waals surface area contributed by atoms with Crippen molar-refractivity contribution in [2.45, 2.75) is 25.3 Å². The molecule has 11 nitrogen and oxygen atoms in total. The molecular formula is C32H34N4O7. The molecule has 4 heterocycles. The average molecular weight is 587 g/mol. The standard InChI is InChI=1S/C32H34N4O7/c1-41-24-11-8-23(9-12-24)36-30(39)32(29(38)33-31(36)40,15-21-7-10-25(42-2)14-27(21)43-3)19-34-16-20-13-22(18-34)26-5-4-6-28(37)35(26)17-20/h4-12,14,20,22H,13,15-19H2,1-3H3,(H,33,38,40)/t20-,22?,32?/m1/s1. The number of rotatable bonds is 8. The second-order valence-electron chi connectivity index (χ2n) is 11.4. The molecule has 1 N–H and O–H groups in total. The van der Waals surface area contributed by atoms with Crippen molar-refractivity contribution in [2.75, 3.05) is 45.9 Å². The van der Waals surface area contributed by atoms with E-state index in [0.717, 1.165) is 17.0 Å². The Morgan fingerprint density at radius 2 is 1.60 bits per heavy atom. The van der Waals surface area contributed by atoms with Gasteiger partial charge in [-0.25, -0.2) is 9.69 Å². The van der Waals surface area contributed by atoms with Gasteiger partial charge in [-0.3, -0.25) is 19.7 Å². The summed E-state index contributed by atoms with van der Waals surface area (Å²) in [4.78, 5) is 57.5. The van der Waals surface area contributed by atoms with Crippen molar-refractivity contribution < 1.29 is 28.6 Å². The van der Waals surface area contributed by atoms with Crippen molar-refractivity contribution in [1.29, 1.82) is 0 Å². The summed E-state index contributed by atoms with van der Waals surface area (Å²) in [6.45, 7) is 1.84. The minimum atomic E-state index is -1.66. The van der Waals surface area contributed by atoms with Crippen LogP contribution in [0.3, 0.4) is 0 Å². The van der Waals surface area contributed by atoms with Gasteiger partial charge in [0.2, 0.25) is 5.91 Å². The van der Waals surface area contributed by atoms with Crippen LogP contribution in [0, 0.1) is 11.3 Å². The highest BCUT2D eigenvalue weighted by Crippen LogP contribution is 2.40. The summed E-state index contributed by atoms with van der Waals surface area (Å²) >= 11 is 0. The molecule has 2 saturated heterocycles. The number of urea groups is 1. The number of carbonyl (C=O) groups is 3. The maximum Gasteiger partial charge on any atom is 0.335 e. The van der Waals surface area contributed by atoms with Crippen LogP contribution < -0.4 is 30.0 Å². The molecule has 11 heteroatoms. The Balaban J connectivity index is 1.40. The number of likely N-dealkylation sites (tertiary alicyclic amines) is 1. The van der Waals surface area contributed by atoms with Crippen molar-refractivity contribution in [3.8, 4) is 17.2 Å². The number of anilines is 1. The summed E-state index contributed by atoms with van der Waals surface area (Å²) in [6.07, 6.45) is 0.919. The van der Waals surface area contributed by atoms with Crippen LogP contribution in [0.15, 0.2) is 65.5 Å². The lowest BCUT2D eigenvalue weighted by Crippen LogP contribution is -2.68. The van der Waals surface area contributed by atoms with Crippen LogP contribution in [0.4, 0.5) is 10.5 Å². The molecule has 0 aliphatic carbocycles. The molecule has 3 aliphatic heterocycles. The first-order chi connectivity index (χ1) is 20.8. The van der Waals surface area contributed by atoms with Gasteiger partial charge in [0.15, 0.2) is 0 Å². The number of hydrogen-bond acceptors (Lipinski definition) is 8. The molecule has 0 spiro atoms. The molecule has 4 amide bonds. The monoisotopic (exact) mass is 586 g/mol. The van der Waals surface area contributed by atoms with E-state index in [4.69, 9.17) is 14.2 Å². The molecule has 3 aliphatic rings. The molecule has 2 bridgehead atoms. The summed E-state index contributed by atoms with van der Waals surface area (Å²) in [5, 5.41) is 2.48. The summed E-state index contributed by atoms with van der Waals surface area (Å²) < 4.78 is 18.1. The molecule has 0 saturated carbocycles. The maximum absolute atomic E-state index is 14.6. The van der Waals surface area contributed by atoms with E-state index < -0.39 is 23.3 Å². The molecule has 6 rings (SSSR count). The topological polar surface area (TPSA) is 119 Å². The Kier molecular flexibility index (Phi) is 7.43. The van der Waals surface area contributed by atoms with Crippen molar-refractivity contribution in [3.63, 3.8) is 0 Å². The number of barbiturate groups is 1. The molecule has 2 unspecified atom stereocenters. The van der Waals surface area contributed by atoms with E-state index in [1.54, 1.807) is 61.7 Å². The van der Waals surface area contributed by atoms with Crippen LogP contribution in [0.2, 0.25) is 0 Å². The van der Waals surface area contributed by atoms with E-state index in [1.807, 2.05) is 10.6 Å². The first kappa shape index (κ1) is 28.5. The number of aromatic nitrogens is 1. The number of imide groups is 2. The number of nitrogens with one attached hydrogen (secondary N) is 1. The minimum absolute atomic E-state index is 0.00729. The lowest BCUT2D eigenvalue weighted by atomic mass is 9.75. The second kappa shape index (κ2) is 11.2. The second-order valence-corrected chi connectivity index (χ2v) is 11.4. The van der Waals surface area contributed by atoms with Gasteiger partial charge in [-0.05, 0) is 54.3 Å². The first-order valence-corrected chi connectivity index (χ1v) is 14.2. The number of pyridine rings is 1. The average Bonchev–Trinajstić information content (AvgIpc) is 3.01. The van der Waals surface area contributed by atoms with Gasteiger partial charge < -0.3 is 23.7 Å². The normalized spacial score (nSPS) is 23.4. The minimum Gasteiger partial charge on any atom is -0.497 e. The highest BCUT2D eigenvalue weighted by molar-refractivity contribution is 6.30. The third kappa shape index (κ3) is 5.03. The van der Waals surface area contributed by atoms with Crippen LogP contribution in [-0.2, 0) is 22.6 Å². The van der Waals surface area contributed by atoms with E-state index in [0.29, 0.717) is 48.1 Å². The molecule has 3 atom stereocenters. The zero-order valence-electron chi connectivity index (χ0n) is 24.4. The van der Waals surface area contributed by atoms with Gasteiger partial charge in [0, 0.05) is 56.3 Å². The molecule has 3 aromatic rings. The van der Waals surface area contributed by atoms with E-state index >= 15 is 0 Å². The Bertz CT molecular complexity index is 1640. The van der Waals surface area contributed by atoms with Crippen LogP contribution in [0.1, 0.15) is 23.6 Å². The fourth-order valence-corrected chi connectivity index (χ4v) is 6.82. The maximum atomic E-state index is 14.6. The summed E-state index contributed by atoms with van der Waals surface area (Å²) in [5.74, 6) is 0.597. The SMILES string of the molecule is COc1ccc(N2C(=O)NC(=O)C(Cc3ccc(OC)cc3OC)(CN3CC4C[C@H](C3)Cn3c4cccc3=O)C2=O)cc1. The van der Waals surface area contributed by atoms with Gasteiger partial charge in [-0.1, -0.05) is 12.1 Å². The summed E-state index contributed by atoms with van der Waals surface area (Å²) in [7, 11) is 4.60. The van der Waals surface area contributed by atoms with Crippen LogP contribution in [-0.4, -0.2) is 68.3 Å². The number of fused-ring (bicyclic) bond motifs is 4. The Morgan fingerprint density at radius 3 is 2.33 bits per heavy atom. The highest BCUT2D eigenvalue weighted by atomic mass is 16.5. The predicted molar refractivity (Wildman–Crippen MR) is 158 cm³/mol.